The Bertz CT molecular complexity index is 658. The number of rotatable bonds is 3. The zero-order valence-corrected chi connectivity index (χ0v) is 11.7. The van der Waals surface area contributed by atoms with Crippen LogP contribution in [0.15, 0.2) is 12.5 Å². The van der Waals surface area contributed by atoms with Gasteiger partial charge in [0.05, 0.1) is 18.5 Å². The number of hydrogen-bond donors (Lipinski definition) is 3. The van der Waals surface area contributed by atoms with Gasteiger partial charge >= 0.3 is 0 Å². The molecule has 1 saturated heterocycles. The fraction of sp³-hybridized carbons (Fsp3) is 0.583. The second-order valence-electron chi connectivity index (χ2n) is 5.24. The molecule has 2 aromatic rings. The van der Waals surface area contributed by atoms with Gasteiger partial charge in [0.15, 0.2) is 11.5 Å². The summed E-state index contributed by atoms with van der Waals surface area (Å²) in [4.78, 5) is 7.99. The van der Waals surface area contributed by atoms with Crippen LogP contribution in [-0.2, 0) is 9.47 Å². The van der Waals surface area contributed by atoms with Gasteiger partial charge in [0.25, 0.3) is 0 Å². The standard InChI is InChI=1S/C12H17N5O4/c1-12(19)8(18)7(4-20-2)21-9(12)6-3-14-11-10(13)15-5-16-17(6)11/h3,5,7-9,18-19H,4H2,1-2H3,(H2,13,15,16)/t7-,8-,9+,12-/m1/s1. The number of nitrogens with two attached hydrogens (primary N) is 1. The molecule has 114 valence electrons. The second kappa shape index (κ2) is 4.88. The molecule has 0 aliphatic carbocycles. The molecule has 0 aromatic carbocycles. The highest BCUT2D eigenvalue weighted by Crippen LogP contribution is 2.41. The summed E-state index contributed by atoms with van der Waals surface area (Å²) in [6.07, 6.45) is 0.255. The highest BCUT2D eigenvalue weighted by Gasteiger charge is 2.53. The molecule has 9 heteroatoms. The highest BCUT2D eigenvalue weighted by atomic mass is 16.6. The minimum Gasteiger partial charge on any atom is -0.387 e. The average molecular weight is 295 g/mol. The number of aliphatic hydroxyl groups is 2. The van der Waals surface area contributed by atoms with E-state index in [1.54, 1.807) is 0 Å². The van der Waals surface area contributed by atoms with E-state index in [2.05, 4.69) is 15.1 Å². The second-order valence-corrected chi connectivity index (χ2v) is 5.24. The van der Waals surface area contributed by atoms with Crippen molar-refractivity contribution in [2.75, 3.05) is 19.5 Å². The summed E-state index contributed by atoms with van der Waals surface area (Å²) < 4.78 is 12.2. The van der Waals surface area contributed by atoms with Gasteiger partial charge in [-0.25, -0.2) is 14.5 Å². The largest absolute Gasteiger partial charge is 0.387 e. The van der Waals surface area contributed by atoms with Crippen molar-refractivity contribution in [1.29, 1.82) is 0 Å². The van der Waals surface area contributed by atoms with Gasteiger partial charge in [0.2, 0.25) is 0 Å². The predicted molar refractivity (Wildman–Crippen MR) is 71.3 cm³/mol. The minimum atomic E-state index is -1.50. The number of fused-ring (bicyclic) bond motifs is 1. The van der Waals surface area contributed by atoms with E-state index >= 15 is 0 Å². The lowest BCUT2D eigenvalue weighted by molar-refractivity contribution is -0.0665. The van der Waals surface area contributed by atoms with Crippen molar-refractivity contribution in [2.45, 2.75) is 30.8 Å². The number of imidazole rings is 1. The maximum atomic E-state index is 10.6. The number of nitrogens with zero attached hydrogens (tertiary/aromatic N) is 4. The van der Waals surface area contributed by atoms with Crippen LogP contribution in [0, 0.1) is 0 Å². The maximum absolute atomic E-state index is 10.6. The highest BCUT2D eigenvalue weighted by molar-refractivity contribution is 5.58. The van der Waals surface area contributed by atoms with Crippen molar-refractivity contribution in [3.8, 4) is 0 Å². The van der Waals surface area contributed by atoms with Gasteiger partial charge in [-0.15, -0.1) is 0 Å². The van der Waals surface area contributed by atoms with Crippen LogP contribution in [0.2, 0.25) is 0 Å². The number of aliphatic hydroxyl groups excluding tert-OH is 1. The molecule has 1 aliphatic rings. The summed E-state index contributed by atoms with van der Waals surface area (Å²) in [5.74, 6) is 0.225. The van der Waals surface area contributed by atoms with Crippen molar-refractivity contribution in [1.82, 2.24) is 19.6 Å². The molecule has 0 spiro atoms. The van der Waals surface area contributed by atoms with Crippen molar-refractivity contribution >= 4 is 11.5 Å². The van der Waals surface area contributed by atoms with Crippen molar-refractivity contribution in [3.05, 3.63) is 18.2 Å². The van der Waals surface area contributed by atoms with Crippen LogP contribution in [0.4, 0.5) is 5.82 Å². The maximum Gasteiger partial charge on any atom is 0.196 e. The molecular formula is C12H17N5O4. The Labute approximate surface area is 120 Å². The molecule has 1 fully saturated rings. The van der Waals surface area contributed by atoms with Gasteiger partial charge in [-0.05, 0) is 6.92 Å². The summed E-state index contributed by atoms with van der Waals surface area (Å²) in [6, 6.07) is 0. The molecule has 4 N–H and O–H groups in total. The zero-order valence-electron chi connectivity index (χ0n) is 11.7. The van der Waals surface area contributed by atoms with Crippen molar-refractivity contribution in [3.63, 3.8) is 0 Å². The molecule has 0 bridgehead atoms. The van der Waals surface area contributed by atoms with E-state index in [1.165, 1.54) is 31.1 Å². The van der Waals surface area contributed by atoms with E-state index in [-0.39, 0.29) is 12.4 Å². The predicted octanol–water partition coefficient (Wildman–Crippen LogP) is -1.10. The van der Waals surface area contributed by atoms with Gasteiger partial charge < -0.3 is 25.4 Å². The van der Waals surface area contributed by atoms with E-state index in [4.69, 9.17) is 15.2 Å². The van der Waals surface area contributed by atoms with Crippen LogP contribution < -0.4 is 5.73 Å². The van der Waals surface area contributed by atoms with E-state index < -0.39 is 23.9 Å². The molecule has 1 aliphatic heterocycles. The first-order valence-corrected chi connectivity index (χ1v) is 6.45. The first-order valence-electron chi connectivity index (χ1n) is 6.45. The molecule has 0 unspecified atom stereocenters. The number of ether oxygens (including phenoxy) is 2. The van der Waals surface area contributed by atoms with Crippen LogP contribution in [0.25, 0.3) is 5.65 Å². The van der Waals surface area contributed by atoms with E-state index in [9.17, 15) is 10.2 Å². The molecule has 3 heterocycles. The third kappa shape index (κ3) is 2.05. The molecule has 0 radical (unpaired) electrons. The summed E-state index contributed by atoms with van der Waals surface area (Å²) in [7, 11) is 1.50. The molecule has 9 nitrogen and oxygen atoms in total. The lowest BCUT2D eigenvalue weighted by Crippen LogP contribution is -2.43. The Kier molecular flexibility index (Phi) is 3.29. The third-order valence-corrected chi connectivity index (χ3v) is 3.75. The number of hydrogen-bond acceptors (Lipinski definition) is 8. The first-order chi connectivity index (χ1) is 9.96. The molecule has 0 amide bonds. The van der Waals surface area contributed by atoms with Crippen LogP contribution in [0.5, 0.6) is 0 Å². The lowest BCUT2D eigenvalue weighted by Gasteiger charge is -2.25. The average Bonchev–Trinajstić information content (AvgIpc) is 2.95. The normalized spacial score (nSPS) is 32.9. The van der Waals surface area contributed by atoms with E-state index in [0.29, 0.717) is 11.3 Å². The zero-order chi connectivity index (χ0) is 15.2. The van der Waals surface area contributed by atoms with Gasteiger partial charge in [-0.2, -0.15) is 5.10 Å². The number of methoxy groups -OCH3 is 1. The van der Waals surface area contributed by atoms with Crippen LogP contribution in [-0.4, -0.2) is 61.3 Å². The molecule has 2 aromatic heterocycles. The van der Waals surface area contributed by atoms with Crippen molar-refractivity contribution in [2.24, 2.45) is 0 Å². The molecule has 3 rings (SSSR count). The fourth-order valence-corrected chi connectivity index (χ4v) is 2.61. The Hall–Kier alpha value is -1.81. The first kappa shape index (κ1) is 14.1. The monoisotopic (exact) mass is 295 g/mol. The SMILES string of the molecule is COC[C@H]1O[C@@H](c2cnc3c(N)ncnn23)[C@](C)(O)[C@@H]1O. The van der Waals surface area contributed by atoms with Crippen molar-refractivity contribution < 1.29 is 19.7 Å². The quantitative estimate of drug-likeness (QED) is 0.651. The summed E-state index contributed by atoms with van der Waals surface area (Å²) in [5.41, 5.74) is 5.09. The van der Waals surface area contributed by atoms with E-state index in [1.807, 2.05) is 0 Å². The summed E-state index contributed by atoms with van der Waals surface area (Å²) in [5, 5.41) is 24.8. The Balaban J connectivity index is 2.04. The van der Waals surface area contributed by atoms with Gasteiger partial charge in [0.1, 0.15) is 30.2 Å². The van der Waals surface area contributed by atoms with Gasteiger partial charge in [-0.1, -0.05) is 0 Å². The number of anilines is 1. The van der Waals surface area contributed by atoms with Gasteiger partial charge in [0, 0.05) is 7.11 Å². The van der Waals surface area contributed by atoms with Crippen LogP contribution in [0.3, 0.4) is 0 Å². The summed E-state index contributed by atoms with van der Waals surface area (Å²) in [6.45, 7) is 1.67. The Morgan fingerprint density at radius 3 is 3.00 bits per heavy atom. The van der Waals surface area contributed by atoms with Crippen LogP contribution >= 0.6 is 0 Å². The molecule has 4 atom stereocenters. The lowest BCUT2D eigenvalue weighted by atomic mass is 9.91. The number of nitrogen functional groups attached to an aromatic ring is 1. The van der Waals surface area contributed by atoms with Gasteiger partial charge in [-0.3, -0.25) is 0 Å². The fourth-order valence-electron chi connectivity index (χ4n) is 2.61. The Morgan fingerprint density at radius 2 is 2.29 bits per heavy atom. The number of aromatic nitrogens is 4. The third-order valence-electron chi connectivity index (χ3n) is 3.75. The minimum absolute atomic E-state index is 0.168. The smallest absolute Gasteiger partial charge is 0.196 e. The summed E-state index contributed by atoms with van der Waals surface area (Å²) >= 11 is 0. The Morgan fingerprint density at radius 1 is 1.52 bits per heavy atom. The molecule has 0 saturated carbocycles. The van der Waals surface area contributed by atoms with E-state index in [0.717, 1.165) is 0 Å². The van der Waals surface area contributed by atoms with Crippen LogP contribution in [0.1, 0.15) is 18.7 Å². The molecular weight excluding hydrogens is 278 g/mol. The molecule has 21 heavy (non-hydrogen) atoms. The topological polar surface area (TPSA) is 128 Å².